The molecular weight excluding hydrogens is 372 g/mol. The highest BCUT2D eigenvalue weighted by Crippen LogP contribution is 2.31. The fourth-order valence-corrected chi connectivity index (χ4v) is 2.57. The molecule has 0 amide bonds. The van der Waals surface area contributed by atoms with Crippen LogP contribution in [-0.2, 0) is 6.54 Å². The first-order valence-electron chi connectivity index (χ1n) is 9.29. The lowest BCUT2D eigenvalue weighted by Gasteiger charge is -2.11. The van der Waals surface area contributed by atoms with Crippen LogP contribution >= 0.6 is 0 Å². The maximum absolute atomic E-state index is 11.7. The van der Waals surface area contributed by atoms with E-state index in [1.165, 1.54) is 6.33 Å². The first kappa shape index (κ1) is 20.0. The van der Waals surface area contributed by atoms with Crippen LogP contribution in [0.1, 0.15) is 25.3 Å². The van der Waals surface area contributed by atoms with E-state index in [1.807, 2.05) is 18.2 Å². The molecule has 0 saturated heterocycles. The predicted molar refractivity (Wildman–Crippen MR) is 110 cm³/mol. The highest BCUT2D eigenvalue weighted by molar-refractivity contribution is 5.73. The summed E-state index contributed by atoms with van der Waals surface area (Å²) in [6, 6.07) is 10.9. The van der Waals surface area contributed by atoms with Crippen molar-refractivity contribution in [3.05, 3.63) is 70.8 Å². The van der Waals surface area contributed by atoms with Gasteiger partial charge >= 0.3 is 5.69 Å². The van der Waals surface area contributed by atoms with Gasteiger partial charge < -0.3 is 15.4 Å². The number of ether oxygens (including phenoxy) is 1. The lowest BCUT2D eigenvalue weighted by Crippen LogP contribution is -2.08. The molecule has 150 valence electrons. The average Bonchev–Trinajstić information content (AvgIpc) is 2.74. The molecule has 29 heavy (non-hydrogen) atoms. The van der Waals surface area contributed by atoms with Crippen molar-refractivity contribution in [3.63, 3.8) is 0 Å². The summed E-state index contributed by atoms with van der Waals surface area (Å²) in [5.41, 5.74) is 1.32. The molecular formula is C20H22N6O3. The number of rotatable bonds is 10. The van der Waals surface area contributed by atoms with Gasteiger partial charge in [0.05, 0.1) is 11.5 Å². The number of hydrogen-bond donors (Lipinski definition) is 2. The molecule has 0 aliphatic rings. The van der Waals surface area contributed by atoms with E-state index in [0.29, 0.717) is 18.8 Å². The van der Waals surface area contributed by atoms with Crippen LogP contribution in [0.4, 0.5) is 23.0 Å². The molecule has 3 aromatic rings. The summed E-state index contributed by atoms with van der Waals surface area (Å²) in [7, 11) is 0. The highest BCUT2D eigenvalue weighted by atomic mass is 16.6. The van der Waals surface area contributed by atoms with Crippen LogP contribution in [-0.4, -0.2) is 26.5 Å². The van der Waals surface area contributed by atoms with Gasteiger partial charge in [0, 0.05) is 24.6 Å². The normalized spacial score (nSPS) is 10.4. The highest BCUT2D eigenvalue weighted by Gasteiger charge is 2.23. The zero-order chi connectivity index (χ0) is 20.5. The van der Waals surface area contributed by atoms with Gasteiger partial charge in [-0.2, -0.15) is 0 Å². The minimum Gasteiger partial charge on any atom is -0.494 e. The second-order valence-electron chi connectivity index (χ2n) is 6.24. The Morgan fingerprint density at radius 3 is 2.62 bits per heavy atom. The molecule has 0 spiro atoms. The van der Waals surface area contributed by atoms with E-state index in [2.05, 4.69) is 32.5 Å². The molecule has 0 unspecified atom stereocenters. The molecule has 0 bridgehead atoms. The molecule has 0 radical (unpaired) electrons. The van der Waals surface area contributed by atoms with Gasteiger partial charge in [0.2, 0.25) is 11.6 Å². The Balaban J connectivity index is 1.74. The summed E-state index contributed by atoms with van der Waals surface area (Å²) >= 11 is 0. The van der Waals surface area contributed by atoms with Crippen LogP contribution in [0.2, 0.25) is 0 Å². The van der Waals surface area contributed by atoms with Crippen molar-refractivity contribution in [2.45, 2.75) is 26.3 Å². The van der Waals surface area contributed by atoms with Gasteiger partial charge in [0.25, 0.3) is 0 Å². The van der Waals surface area contributed by atoms with Crippen molar-refractivity contribution in [3.8, 4) is 5.75 Å². The number of pyridine rings is 1. The van der Waals surface area contributed by atoms with Gasteiger partial charge in [-0.15, -0.1) is 0 Å². The zero-order valence-corrected chi connectivity index (χ0v) is 16.0. The van der Waals surface area contributed by atoms with Crippen LogP contribution in [0.15, 0.2) is 55.1 Å². The molecule has 0 fully saturated rings. The van der Waals surface area contributed by atoms with Crippen molar-refractivity contribution in [2.75, 3.05) is 17.2 Å². The van der Waals surface area contributed by atoms with Crippen LogP contribution in [0.3, 0.4) is 0 Å². The molecule has 9 nitrogen and oxygen atoms in total. The van der Waals surface area contributed by atoms with Crippen molar-refractivity contribution in [1.29, 1.82) is 0 Å². The van der Waals surface area contributed by atoms with Gasteiger partial charge in [-0.1, -0.05) is 19.4 Å². The third kappa shape index (κ3) is 5.61. The van der Waals surface area contributed by atoms with Gasteiger partial charge in [-0.05, 0) is 42.3 Å². The standard InChI is InChI=1S/C20H22N6O3/c1-2-3-11-29-17-8-6-16(7-9-17)25-20-18(26(27)28)19(23-14-24-20)22-13-15-5-4-10-21-12-15/h4-10,12,14H,2-3,11,13H2,1H3,(H2,22,23,24,25). The van der Waals surface area contributed by atoms with E-state index in [1.54, 1.807) is 30.6 Å². The monoisotopic (exact) mass is 394 g/mol. The Morgan fingerprint density at radius 2 is 1.93 bits per heavy atom. The minimum absolute atomic E-state index is 0.110. The van der Waals surface area contributed by atoms with Gasteiger partial charge in [-0.3, -0.25) is 15.1 Å². The number of anilines is 3. The molecule has 2 heterocycles. The van der Waals surface area contributed by atoms with Gasteiger partial charge in [0.15, 0.2) is 0 Å². The first-order chi connectivity index (χ1) is 14.2. The van der Waals surface area contributed by atoms with Crippen LogP contribution in [0.25, 0.3) is 0 Å². The van der Waals surface area contributed by atoms with Crippen LogP contribution in [0, 0.1) is 10.1 Å². The zero-order valence-electron chi connectivity index (χ0n) is 16.0. The Bertz CT molecular complexity index is 935. The van der Waals surface area contributed by atoms with Crippen LogP contribution in [0.5, 0.6) is 5.75 Å². The number of unbranched alkanes of at least 4 members (excludes halogenated alkanes) is 1. The van der Waals surface area contributed by atoms with E-state index in [4.69, 9.17) is 4.74 Å². The number of hydrogen-bond acceptors (Lipinski definition) is 8. The molecule has 2 aromatic heterocycles. The summed E-state index contributed by atoms with van der Waals surface area (Å²) < 4.78 is 5.63. The summed E-state index contributed by atoms with van der Waals surface area (Å²) in [5, 5.41) is 17.6. The number of aromatic nitrogens is 3. The fourth-order valence-electron chi connectivity index (χ4n) is 2.57. The van der Waals surface area contributed by atoms with Crippen molar-refractivity contribution in [1.82, 2.24) is 15.0 Å². The van der Waals surface area contributed by atoms with E-state index >= 15 is 0 Å². The second kappa shape index (κ2) is 9.98. The molecule has 2 N–H and O–H groups in total. The quantitative estimate of drug-likeness (QED) is 0.297. The van der Waals surface area contributed by atoms with E-state index in [-0.39, 0.29) is 17.3 Å². The molecule has 0 atom stereocenters. The Morgan fingerprint density at radius 1 is 1.14 bits per heavy atom. The maximum Gasteiger partial charge on any atom is 0.353 e. The summed E-state index contributed by atoms with van der Waals surface area (Å²) in [6.07, 6.45) is 6.68. The Labute approximate surface area is 168 Å². The molecule has 9 heteroatoms. The third-order valence-electron chi connectivity index (χ3n) is 4.07. The maximum atomic E-state index is 11.7. The second-order valence-corrected chi connectivity index (χ2v) is 6.24. The number of nitrogens with zero attached hydrogens (tertiary/aromatic N) is 4. The fraction of sp³-hybridized carbons (Fsp3) is 0.250. The van der Waals surface area contributed by atoms with Crippen LogP contribution < -0.4 is 15.4 Å². The van der Waals surface area contributed by atoms with Crippen molar-refractivity contribution in [2.24, 2.45) is 0 Å². The molecule has 0 saturated carbocycles. The lowest BCUT2D eigenvalue weighted by atomic mass is 10.2. The first-order valence-corrected chi connectivity index (χ1v) is 9.29. The SMILES string of the molecule is CCCCOc1ccc(Nc2ncnc(NCc3cccnc3)c2[N+](=O)[O-])cc1. The van der Waals surface area contributed by atoms with Crippen molar-refractivity contribution >= 4 is 23.0 Å². The van der Waals surface area contributed by atoms with Crippen molar-refractivity contribution < 1.29 is 9.66 Å². The largest absolute Gasteiger partial charge is 0.494 e. The molecule has 1 aromatic carbocycles. The average molecular weight is 394 g/mol. The summed E-state index contributed by atoms with van der Waals surface area (Å²) in [4.78, 5) is 23.3. The number of benzene rings is 1. The predicted octanol–water partition coefficient (Wildman–Crippen LogP) is 4.31. The third-order valence-corrected chi connectivity index (χ3v) is 4.07. The number of nitro groups is 1. The minimum atomic E-state index is -0.504. The summed E-state index contributed by atoms with van der Waals surface area (Å²) in [5.74, 6) is 0.995. The molecule has 0 aliphatic carbocycles. The lowest BCUT2D eigenvalue weighted by molar-refractivity contribution is -0.383. The van der Waals surface area contributed by atoms with E-state index in [0.717, 1.165) is 24.2 Å². The van der Waals surface area contributed by atoms with Gasteiger partial charge in [0.1, 0.15) is 12.1 Å². The Hall–Kier alpha value is -3.75. The number of nitrogens with one attached hydrogen (secondary N) is 2. The van der Waals surface area contributed by atoms with E-state index in [9.17, 15) is 10.1 Å². The molecule has 0 aliphatic heterocycles. The summed E-state index contributed by atoms with van der Waals surface area (Å²) in [6.45, 7) is 3.12. The smallest absolute Gasteiger partial charge is 0.353 e. The molecule has 3 rings (SSSR count). The van der Waals surface area contributed by atoms with Gasteiger partial charge in [-0.25, -0.2) is 9.97 Å². The topological polar surface area (TPSA) is 115 Å². The Kier molecular flexibility index (Phi) is 6.88. The van der Waals surface area contributed by atoms with E-state index < -0.39 is 4.92 Å².